The van der Waals surface area contributed by atoms with Crippen molar-refractivity contribution in [1.82, 2.24) is 4.90 Å². The van der Waals surface area contributed by atoms with Gasteiger partial charge in [-0.2, -0.15) is 0 Å². The van der Waals surface area contributed by atoms with Gasteiger partial charge < -0.3 is 9.64 Å². The van der Waals surface area contributed by atoms with Gasteiger partial charge in [-0.3, -0.25) is 0 Å². The molecule has 0 spiro atoms. The monoisotopic (exact) mass is 275 g/mol. The van der Waals surface area contributed by atoms with Gasteiger partial charge in [0.25, 0.3) is 0 Å². The van der Waals surface area contributed by atoms with E-state index in [9.17, 15) is 0 Å². The number of hydrogen-bond donors (Lipinski definition) is 0. The van der Waals surface area contributed by atoms with Crippen LogP contribution < -0.4 is 4.74 Å². The van der Waals surface area contributed by atoms with Crippen LogP contribution in [0.4, 0.5) is 0 Å². The van der Waals surface area contributed by atoms with Gasteiger partial charge in [0, 0.05) is 0 Å². The average molecular weight is 275 g/mol. The second-order valence-electron chi connectivity index (χ2n) is 6.35. The van der Waals surface area contributed by atoms with Crippen LogP contribution in [0.3, 0.4) is 0 Å². The maximum Gasteiger partial charge on any atom is 0.122 e. The van der Waals surface area contributed by atoms with Crippen LogP contribution in [-0.2, 0) is 0 Å². The summed E-state index contributed by atoms with van der Waals surface area (Å²) in [6.07, 6.45) is 5.15. The standard InChI is InChI=1S/C18H29NO/c1-15-8-11-19(12-9-15)10-4-5-13-20-18-7-6-16(2)14-17(18)3/h6-7,14-15H,4-5,8-13H2,1-3H3. The fourth-order valence-electron chi connectivity index (χ4n) is 2.87. The van der Waals surface area contributed by atoms with Gasteiger partial charge in [-0.25, -0.2) is 0 Å². The summed E-state index contributed by atoms with van der Waals surface area (Å²) in [6, 6.07) is 6.40. The van der Waals surface area contributed by atoms with Gasteiger partial charge in [-0.1, -0.05) is 24.6 Å². The van der Waals surface area contributed by atoms with Gasteiger partial charge in [0.2, 0.25) is 0 Å². The predicted molar refractivity (Wildman–Crippen MR) is 85.5 cm³/mol. The number of aryl methyl sites for hydroxylation is 2. The van der Waals surface area contributed by atoms with E-state index >= 15 is 0 Å². The number of hydrogen-bond acceptors (Lipinski definition) is 2. The Hall–Kier alpha value is -1.02. The maximum atomic E-state index is 5.88. The smallest absolute Gasteiger partial charge is 0.122 e. The summed E-state index contributed by atoms with van der Waals surface area (Å²) in [7, 11) is 0. The molecule has 0 radical (unpaired) electrons. The van der Waals surface area contributed by atoms with E-state index in [4.69, 9.17) is 4.74 Å². The van der Waals surface area contributed by atoms with E-state index in [0.29, 0.717) is 0 Å². The molecule has 2 nitrogen and oxygen atoms in total. The zero-order valence-electron chi connectivity index (χ0n) is 13.3. The molecule has 1 aromatic carbocycles. The molecule has 0 aliphatic carbocycles. The topological polar surface area (TPSA) is 12.5 Å². The van der Waals surface area contributed by atoms with Crippen molar-refractivity contribution in [2.45, 2.75) is 46.5 Å². The number of likely N-dealkylation sites (tertiary alicyclic amines) is 1. The van der Waals surface area contributed by atoms with Gasteiger partial charge in [-0.15, -0.1) is 0 Å². The van der Waals surface area contributed by atoms with E-state index in [1.54, 1.807) is 0 Å². The van der Waals surface area contributed by atoms with Crippen molar-refractivity contribution in [3.8, 4) is 5.75 Å². The first-order valence-electron chi connectivity index (χ1n) is 8.07. The third-order valence-electron chi connectivity index (χ3n) is 4.33. The number of rotatable bonds is 6. The quantitative estimate of drug-likeness (QED) is 0.722. The highest BCUT2D eigenvalue weighted by Gasteiger charge is 2.14. The van der Waals surface area contributed by atoms with E-state index in [1.807, 2.05) is 0 Å². The van der Waals surface area contributed by atoms with Gasteiger partial charge in [0.1, 0.15) is 5.75 Å². The minimum atomic E-state index is 0.841. The molecule has 0 aromatic heterocycles. The molecule has 1 aromatic rings. The second kappa shape index (κ2) is 7.68. The molecule has 0 unspecified atom stereocenters. The minimum Gasteiger partial charge on any atom is -0.493 e. The number of ether oxygens (including phenoxy) is 1. The number of benzene rings is 1. The van der Waals surface area contributed by atoms with Gasteiger partial charge in [0.15, 0.2) is 0 Å². The van der Waals surface area contributed by atoms with E-state index in [1.165, 1.54) is 50.0 Å². The van der Waals surface area contributed by atoms with Crippen molar-refractivity contribution in [2.24, 2.45) is 5.92 Å². The molecule has 0 atom stereocenters. The van der Waals surface area contributed by atoms with E-state index in [0.717, 1.165) is 24.7 Å². The summed E-state index contributed by atoms with van der Waals surface area (Å²) in [4.78, 5) is 2.61. The summed E-state index contributed by atoms with van der Waals surface area (Å²) >= 11 is 0. The molecule has 2 heteroatoms. The van der Waals surface area contributed by atoms with Crippen molar-refractivity contribution < 1.29 is 4.74 Å². The Morgan fingerprint density at radius 2 is 1.90 bits per heavy atom. The first-order valence-corrected chi connectivity index (χ1v) is 8.07. The fourth-order valence-corrected chi connectivity index (χ4v) is 2.87. The second-order valence-corrected chi connectivity index (χ2v) is 6.35. The van der Waals surface area contributed by atoms with Crippen molar-refractivity contribution >= 4 is 0 Å². The Morgan fingerprint density at radius 1 is 1.15 bits per heavy atom. The van der Waals surface area contributed by atoms with Gasteiger partial charge in [-0.05, 0) is 76.7 Å². The molecular weight excluding hydrogens is 246 g/mol. The maximum absolute atomic E-state index is 5.88. The summed E-state index contributed by atoms with van der Waals surface area (Å²) in [6.45, 7) is 11.3. The highest BCUT2D eigenvalue weighted by molar-refractivity contribution is 5.35. The Balaban J connectivity index is 1.59. The number of unbranched alkanes of at least 4 members (excludes halogenated alkanes) is 1. The largest absolute Gasteiger partial charge is 0.493 e. The van der Waals surface area contributed by atoms with Crippen LogP contribution in [-0.4, -0.2) is 31.1 Å². The summed E-state index contributed by atoms with van der Waals surface area (Å²) < 4.78 is 5.88. The third kappa shape index (κ3) is 4.82. The molecule has 1 aliphatic heterocycles. The molecule has 0 saturated carbocycles. The van der Waals surface area contributed by atoms with E-state index < -0.39 is 0 Å². The molecule has 1 saturated heterocycles. The molecular formula is C18H29NO. The lowest BCUT2D eigenvalue weighted by atomic mass is 9.99. The Kier molecular flexibility index (Phi) is 5.90. The summed E-state index contributed by atoms with van der Waals surface area (Å²) in [5, 5.41) is 0. The first-order chi connectivity index (χ1) is 9.65. The third-order valence-corrected chi connectivity index (χ3v) is 4.33. The molecule has 0 N–H and O–H groups in total. The van der Waals surface area contributed by atoms with Crippen LogP contribution >= 0.6 is 0 Å². The van der Waals surface area contributed by atoms with E-state index in [2.05, 4.69) is 43.9 Å². The molecule has 0 bridgehead atoms. The van der Waals surface area contributed by atoms with Gasteiger partial charge >= 0.3 is 0 Å². The van der Waals surface area contributed by atoms with Crippen LogP contribution in [0.15, 0.2) is 18.2 Å². The number of piperidine rings is 1. The van der Waals surface area contributed by atoms with E-state index in [-0.39, 0.29) is 0 Å². The molecule has 1 fully saturated rings. The predicted octanol–water partition coefficient (Wildman–Crippen LogP) is 4.19. The van der Waals surface area contributed by atoms with Crippen LogP contribution in [0, 0.1) is 19.8 Å². The highest BCUT2D eigenvalue weighted by Crippen LogP contribution is 2.19. The lowest BCUT2D eigenvalue weighted by Gasteiger charge is -2.30. The van der Waals surface area contributed by atoms with Gasteiger partial charge in [0.05, 0.1) is 6.61 Å². The Bertz CT molecular complexity index is 408. The molecule has 0 amide bonds. The Morgan fingerprint density at radius 3 is 2.60 bits per heavy atom. The molecule has 112 valence electrons. The summed E-state index contributed by atoms with van der Waals surface area (Å²) in [5.74, 6) is 1.97. The molecule has 1 aliphatic rings. The SMILES string of the molecule is Cc1ccc(OCCCCN2CCC(C)CC2)c(C)c1. The molecule has 20 heavy (non-hydrogen) atoms. The zero-order chi connectivity index (χ0) is 14.4. The highest BCUT2D eigenvalue weighted by atomic mass is 16.5. The Labute approximate surface area is 124 Å². The van der Waals surface area contributed by atoms with Crippen LogP contribution in [0.2, 0.25) is 0 Å². The summed E-state index contributed by atoms with van der Waals surface area (Å²) in [5.41, 5.74) is 2.55. The van der Waals surface area contributed by atoms with Crippen LogP contribution in [0.1, 0.15) is 43.7 Å². The average Bonchev–Trinajstić information content (AvgIpc) is 2.42. The lowest BCUT2D eigenvalue weighted by Crippen LogP contribution is -2.33. The molecule has 2 rings (SSSR count). The van der Waals surface area contributed by atoms with Crippen molar-refractivity contribution in [3.05, 3.63) is 29.3 Å². The zero-order valence-corrected chi connectivity index (χ0v) is 13.3. The molecule has 1 heterocycles. The normalized spacial score (nSPS) is 17.4. The van der Waals surface area contributed by atoms with Crippen molar-refractivity contribution in [2.75, 3.05) is 26.2 Å². The first kappa shape index (κ1) is 15.4. The van der Waals surface area contributed by atoms with Crippen LogP contribution in [0.25, 0.3) is 0 Å². The minimum absolute atomic E-state index is 0.841. The number of nitrogens with zero attached hydrogens (tertiary/aromatic N) is 1. The fraction of sp³-hybridized carbons (Fsp3) is 0.667. The van der Waals surface area contributed by atoms with Crippen molar-refractivity contribution in [3.63, 3.8) is 0 Å². The van der Waals surface area contributed by atoms with Crippen LogP contribution in [0.5, 0.6) is 5.75 Å². The lowest BCUT2D eigenvalue weighted by molar-refractivity contribution is 0.184. The van der Waals surface area contributed by atoms with Crippen molar-refractivity contribution in [1.29, 1.82) is 0 Å².